The van der Waals surface area contributed by atoms with Crippen molar-refractivity contribution in [1.82, 2.24) is 19.9 Å². The van der Waals surface area contributed by atoms with E-state index in [0.717, 1.165) is 102 Å². The molecule has 9 nitrogen and oxygen atoms in total. The SMILES string of the molecule is COCCCCc1nccc(-c2cc(N3CCN(c4ncnc5c4C(Br)=NC5)CC3)c3cc(OC)ccc3c2)n1. The standard InChI is InChI=1S/C30H32BrN7O2/c1-39-14-4-3-5-27-32-9-8-24(36-27)21-15-20-6-7-22(40-2)17-23(20)26(16-21)37-10-12-38(13-11-37)30-28-25(34-19-35-30)18-33-29(28)31/h6-9,15-17,19H,3-5,10-14,18H2,1-2H3. The number of aliphatic imine (C=N–C) groups is 1. The van der Waals surface area contributed by atoms with E-state index < -0.39 is 0 Å². The minimum absolute atomic E-state index is 0.601. The third kappa shape index (κ3) is 5.38. The average molecular weight is 603 g/mol. The van der Waals surface area contributed by atoms with Crippen LogP contribution in [0.25, 0.3) is 22.0 Å². The number of rotatable bonds is 9. The Morgan fingerprint density at radius 1 is 0.925 bits per heavy atom. The first-order valence-corrected chi connectivity index (χ1v) is 14.4. The molecule has 2 aliphatic heterocycles. The van der Waals surface area contributed by atoms with Gasteiger partial charge in [-0.2, -0.15) is 0 Å². The summed E-state index contributed by atoms with van der Waals surface area (Å²) in [7, 11) is 3.45. The van der Waals surface area contributed by atoms with Crippen molar-refractivity contribution in [2.24, 2.45) is 4.99 Å². The summed E-state index contributed by atoms with van der Waals surface area (Å²) in [5.74, 6) is 2.67. The summed E-state index contributed by atoms with van der Waals surface area (Å²) in [5.41, 5.74) is 5.21. The number of unbranched alkanes of at least 4 members (excludes halogenated alkanes) is 1. The summed E-state index contributed by atoms with van der Waals surface area (Å²) >= 11 is 3.60. The van der Waals surface area contributed by atoms with Gasteiger partial charge in [-0.05, 0) is 64.5 Å². The molecule has 0 bridgehead atoms. The zero-order valence-corrected chi connectivity index (χ0v) is 24.4. The van der Waals surface area contributed by atoms with E-state index in [1.807, 2.05) is 18.3 Å². The fraction of sp³-hybridized carbons (Fsp3) is 0.367. The lowest BCUT2D eigenvalue weighted by molar-refractivity contribution is 0.193. The number of halogens is 1. The van der Waals surface area contributed by atoms with Crippen molar-refractivity contribution in [3.63, 3.8) is 0 Å². The fourth-order valence-electron chi connectivity index (χ4n) is 5.43. The first-order valence-electron chi connectivity index (χ1n) is 13.6. The van der Waals surface area contributed by atoms with Crippen molar-refractivity contribution < 1.29 is 9.47 Å². The molecule has 0 spiro atoms. The highest BCUT2D eigenvalue weighted by molar-refractivity contribution is 9.18. The second-order valence-electron chi connectivity index (χ2n) is 9.99. The maximum atomic E-state index is 5.59. The highest BCUT2D eigenvalue weighted by Gasteiger charge is 2.27. The number of aromatic nitrogens is 4. The Hall–Kier alpha value is -3.63. The van der Waals surface area contributed by atoms with Crippen LogP contribution in [0.3, 0.4) is 0 Å². The number of aryl methyl sites for hydroxylation is 1. The van der Waals surface area contributed by atoms with Crippen LogP contribution in [-0.2, 0) is 17.7 Å². The van der Waals surface area contributed by atoms with Crippen molar-refractivity contribution in [2.45, 2.75) is 25.8 Å². The van der Waals surface area contributed by atoms with Crippen LogP contribution in [0.4, 0.5) is 11.5 Å². The molecule has 2 aromatic carbocycles. The molecule has 0 radical (unpaired) electrons. The summed E-state index contributed by atoms with van der Waals surface area (Å²) in [6.07, 6.45) is 6.36. The summed E-state index contributed by atoms with van der Waals surface area (Å²) in [6.45, 7) is 4.77. The molecule has 2 aliphatic rings. The molecule has 0 amide bonds. The van der Waals surface area contributed by atoms with E-state index in [0.29, 0.717) is 6.54 Å². The molecular formula is C30H32BrN7O2. The highest BCUT2D eigenvalue weighted by atomic mass is 79.9. The number of piperazine rings is 1. The molecule has 0 atom stereocenters. The lowest BCUT2D eigenvalue weighted by Crippen LogP contribution is -2.47. The number of methoxy groups -OCH3 is 2. The Balaban J connectivity index is 1.29. The Bertz CT molecular complexity index is 1550. The smallest absolute Gasteiger partial charge is 0.142 e. The number of ether oxygens (including phenoxy) is 2. The predicted octanol–water partition coefficient (Wildman–Crippen LogP) is 5.05. The first kappa shape index (κ1) is 26.6. The highest BCUT2D eigenvalue weighted by Crippen LogP contribution is 2.36. The Labute approximate surface area is 242 Å². The molecule has 1 fully saturated rings. The number of fused-ring (bicyclic) bond motifs is 2. The van der Waals surface area contributed by atoms with Gasteiger partial charge in [-0.3, -0.25) is 4.99 Å². The summed E-state index contributed by atoms with van der Waals surface area (Å²) < 4.78 is 11.6. The van der Waals surface area contributed by atoms with Gasteiger partial charge in [-0.15, -0.1) is 0 Å². The molecule has 0 N–H and O–H groups in total. The largest absolute Gasteiger partial charge is 0.497 e. The number of nitrogens with zero attached hydrogens (tertiary/aromatic N) is 7. The van der Waals surface area contributed by atoms with Gasteiger partial charge in [0.2, 0.25) is 0 Å². The Morgan fingerprint density at radius 2 is 1.77 bits per heavy atom. The van der Waals surface area contributed by atoms with Gasteiger partial charge in [0.15, 0.2) is 0 Å². The molecule has 2 aromatic heterocycles. The summed E-state index contributed by atoms with van der Waals surface area (Å²) in [6, 6.07) is 12.8. The molecule has 4 heterocycles. The molecule has 6 rings (SSSR count). The van der Waals surface area contributed by atoms with Crippen LogP contribution in [-0.4, -0.2) is 71.6 Å². The van der Waals surface area contributed by atoms with E-state index in [9.17, 15) is 0 Å². The Kier molecular flexibility index (Phi) is 7.88. The second-order valence-corrected chi connectivity index (χ2v) is 10.7. The van der Waals surface area contributed by atoms with E-state index in [2.05, 4.69) is 69.9 Å². The maximum Gasteiger partial charge on any atom is 0.142 e. The monoisotopic (exact) mass is 601 g/mol. The second kappa shape index (κ2) is 11.9. The van der Waals surface area contributed by atoms with Gasteiger partial charge in [0, 0.05) is 69.2 Å². The molecule has 0 unspecified atom stereocenters. The predicted molar refractivity (Wildman–Crippen MR) is 162 cm³/mol. The number of hydrogen-bond acceptors (Lipinski definition) is 9. The summed E-state index contributed by atoms with van der Waals surface area (Å²) in [4.78, 5) is 27.8. The normalized spacial score (nSPS) is 14.9. The molecular weight excluding hydrogens is 570 g/mol. The van der Waals surface area contributed by atoms with Gasteiger partial charge in [0.1, 0.15) is 28.3 Å². The first-order chi connectivity index (χ1) is 19.6. The molecule has 4 aromatic rings. The van der Waals surface area contributed by atoms with Gasteiger partial charge in [-0.25, -0.2) is 19.9 Å². The van der Waals surface area contributed by atoms with Gasteiger partial charge < -0.3 is 19.3 Å². The van der Waals surface area contributed by atoms with Crippen LogP contribution in [0, 0.1) is 0 Å². The third-order valence-corrected chi connectivity index (χ3v) is 8.19. The van der Waals surface area contributed by atoms with Gasteiger partial charge >= 0.3 is 0 Å². The topological polar surface area (TPSA) is 88.9 Å². The van der Waals surface area contributed by atoms with Gasteiger partial charge in [-0.1, -0.05) is 6.07 Å². The molecule has 0 aliphatic carbocycles. The number of anilines is 2. The van der Waals surface area contributed by atoms with E-state index >= 15 is 0 Å². The van der Waals surface area contributed by atoms with Crippen molar-refractivity contribution in [3.05, 3.63) is 66.0 Å². The zero-order valence-electron chi connectivity index (χ0n) is 22.8. The summed E-state index contributed by atoms with van der Waals surface area (Å²) in [5, 5.41) is 2.33. The maximum absolute atomic E-state index is 5.59. The minimum atomic E-state index is 0.601. The van der Waals surface area contributed by atoms with Crippen LogP contribution < -0.4 is 14.5 Å². The molecule has 206 valence electrons. The van der Waals surface area contributed by atoms with Gasteiger partial charge in [0.05, 0.1) is 30.6 Å². The molecule has 1 saturated heterocycles. The van der Waals surface area contributed by atoms with E-state index in [4.69, 9.17) is 14.5 Å². The van der Waals surface area contributed by atoms with Crippen molar-refractivity contribution in [2.75, 3.05) is 56.8 Å². The Morgan fingerprint density at radius 3 is 2.60 bits per heavy atom. The zero-order chi connectivity index (χ0) is 27.5. The fourth-order valence-corrected chi connectivity index (χ4v) is 5.96. The van der Waals surface area contributed by atoms with Crippen molar-refractivity contribution in [3.8, 4) is 17.0 Å². The van der Waals surface area contributed by atoms with Crippen LogP contribution in [0.15, 0.2) is 53.9 Å². The van der Waals surface area contributed by atoms with Crippen molar-refractivity contribution >= 4 is 42.8 Å². The van der Waals surface area contributed by atoms with Crippen LogP contribution in [0.1, 0.15) is 29.9 Å². The lowest BCUT2D eigenvalue weighted by Gasteiger charge is -2.38. The van der Waals surface area contributed by atoms with Gasteiger partial charge in [0.25, 0.3) is 0 Å². The van der Waals surface area contributed by atoms with Crippen LogP contribution in [0.5, 0.6) is 5.75 Å². The molecule has 10 heteroatoms. The van der Waals surface area contributed by atoms with E-state index in [1.54, 1.807) is 20.5 Å². The number of hydrogen-bond donors (Lipinski definition) is 0. The van der Waals surface area contributed by atoms with Crippen LogP contribution in [0.2, 0.25) is 0 Å². The molecule has 40 heavy (non-hydrogen) atoms. The van der Waals surface area contributed by atoms with E-state index in [-0.39, 0.29) is 0 Å². The molecule has 0 saturated carbocycles. The number of benzene rings is 2. The third-order valence-electron chi connectivity index (χ3n) is 7.54. The lowest BCUT2D eigenvalue weighted by atomic mass is 10.0. The quantitative estimate of drug-likeness (QED) is 0.246. The van der Waals surface area contributed by atoms with E-state index in [1.165, 1.54) is 11.1 Å². The van der Waals surface area contributed by atoms with Crippen molar-refractivity contribution in [1.29, 1.82) is 0 Å². The average Bonchev–Trinajstić information content (AvgIpc) is 3.39. The van der Waals surface area contributed by atoms with Crippen LogP contribution >= 0.6 is 15.9 Å². The minimum Gasteiger partial charge on any atom is -0.497 e.